The molecule has 1 saturated heterocycles. The fourth-order valence-electron chi connectivity index (χ4n) is 3.47. The van der Waals surface area contributed by atoms with Gasteiger partial charge in [-0.05, 0) is 31.0 Å². The molecular weight excluding hydrogens is 302 g/mol. The third-order valence-electron chi connectivity index (χ3n) is 4.80. The Bertz CT molecular complexity index is 866. The number of para-hydroxylation sites is 2. The van der Waals surface area contributed by atoms with Crippen LogP contribution in [0.15, 0.2) is 42.7 Å². The number of carbonyl (C=O) groups is 1. The van der Waals surface area contributed by atoms with Gasteiger partial charge in [0.15, 0.2) is 0 Å². The highest BCUT2D eigenvalue weighted by atomic mass is 16.2. The summed E-state index contributed by atoms with van der Waals surface area (Å²) in [5, 5.41) is 7.51. The molecule has 1 fully saturated rings. The van der Waals surface area contributed by atoms with Crippen molar-refractivity contribution in [3.63, 3.8) is 0 Å². The minimum atomic E-state index is 0.0355. The van der Waals surface area contributed by atoms with Crippen molar-refractivity contribution in [2.24, 2.45) is 7.05 Å². The predicted octanol–water partition coefficient (Wildman–Crippen LogP) is 2.38. The van der Waals surface area contributed by atoms with Crippen LogP contribution >= 0.6 is 0 Å². The van der Waals surface area contributed by atoms with Crippen LogP contribution in [0.4, 0.5) is 0 Å². The summed E-state index contributed by atoms with van der Waals surface area (Å²) in [6, 6.07) is 9.92. The molecule has 3 heterocycles. The van der Waals surface area contributed by atoms with Gasteiger partial charge in [0.25, 0.3) is 5.91 Å². The van der Waals surface area contributed by atoms with Crippen molar-refractivity contribution >= 4 is 16.9 Å². The summed E-state index contributed by atoms with van der Waals surface area (Å²) < 4.78 is 2.18. The minimum Gasteiger partial charge on any atom is -0.339 e. The summed E-state index contributed by atoms with van der Waals surface area (Å²) in [6.45, 7) is 1.49. The summed E-state index contributed by atoms with van der Waals surface area (Å²) in [5.41, 5.74) is 2.80. The number of hydrogen-bond donors (Lipinski definition) is 0. The number of rotatable bonds is 2. The van der Waals surface area contributed by atoms with Gasteiger partial charge >= 0.3 is 0 Å². The molecule has 0 radical (unpaired) electrons. The zero-order valence-corrected chi connectivity index (χ0v) is 13.6. The normalized spacial score (nSPS) is 15.8. The van der Waals surface area contributed by atoms with Crippen molar-refractivity contribution in [1.82, 2.24) is 24.6 Å². The summed E-state index contributed by atoms with van der Waals surface area (Å²) in [4.78, 5) is 19.2. The number of aryl methyl sites for hydroxylation is 1. The Morgan fingerprint density at radius 1 is 1.12 bits per heavy atom. The van der Waals surface area contributed by atoms with Gasteiger partial charge in [-0.2, -0.15) is 10.2 Å². The molecule has 2 aromatic heterocycles. The van der Waals surface area contributed by atoms with Crippen LogP contribution in [-0.4, -0.2) is 43.6 Å². The van der Waals surface area contributed by atoms with Crippen molar-refractivity contribution < 1.29 is 4.79 Å². The second-order valence-electron chi connectivity index (χ2n) is 6.22. The quantitative estimate of drug-likeness (QED) is 0.727. The van der Waals surface area contributed by atoms with Crippen LogP contribution in [0, 0.1) is 0 Å². The highest BCUT2D eigenvalue weighted by Crippen LogP contribution is 2.29. The van der Waals surface area contributed by atoms with Crippen LogP contribution < -0.4 is 0 Å². The molecule has 0 spiro atoms. The number of amides is 1. The van der Waals surface area contributed by atoms with E-state index in [2.05, 4.69) is 27.9 Å². The highest BCUT2D eigenvalue weighted by molar-refractivity contribution is 5.93. The first-order valence-electron chi connectivity index (χ1n) is 8.21. The largest absolute Gasteiger partial charge is 0.339 e. The lowest BCUT2D eigenvalue weighted by Gasteiger charge is -2.31. The molecule has 4 rings (SSSR count). The Labute approximate surface area is 140 Å². The molecule has 6 nitrogen and oxygen atoms in total. The van der Waals surface area contributed by atoms with Gasteiger partial charge in [0.2, 0.25) is 0 Å². The van der Waals surface area contributed by atoms with Gasteiger partial charge in [-0.15, -0.1) is 0 Å². The van der Waals surface area contributed by atoms with Crippen molar-refractivity contribution in [1.29, 1.82) is 0 Å². The lowest BCUT2D eigenvalue weighted by molar-refractivity contribution is 0.0710. The van der Waals surface area contributed by atoms with Crippen molar-refractivity contribution in [2.75, 3.05) is 13.1 Å². The predicted molar refractivity (Wildman–Crippen MR) is 90.6 cm³/mol. The average Bonchev–Trinajstić information content (AvgIpc) is 2.99. The molecule has 1 aliphatic rings. The maximum absolute atomic E-state index is 12.5. The van der Waals surface area contributed by atoms with Crippen LogP contribution in [0.3, 0.4) is 0 Å². The summed E-state index contributed by atoms with van der Waals surface area (Å²) in [5.74, 6) is 1.55. The second kappa shape index (κ2) is 6.03. The van der Waals surface area contributed by atoms with Crippen molar-refractivity contribution in [3.05, 3.63) is 54.1 Å². The molecule has 0 saturated carbocycles. The summed E-state index contributed by atoms with van der Waals surface area (Å²) in [7, 11) is 2.07. The minimum absolute atomic E-state index is 0.0355. The number of carbonyl (C=O) groups excluding carboxylic acids is 1. The Morgan fingerprint density at radius 3 is 2.62 bits per heavy atom. The molecule has 0 N–H and O–H groups in total. The van der Waals surface area contributed by atoms with Crippen LogP contribution in [0.25, 0.3) is 11.0 Å². The van der Waals surface area contributed by atoms with Gasteiger partial charge in [-0.25, -0.2) is 4.98 Å². The fourth-order valence-corrected chi connectivity index (χ4v) is 3.47. The molecule has 1 amide bonds. The van der Waals surface area contributed by atoms with Gasteiger partial charge in [0, 0.05) is 26.1 Å². The molecule has 1 aliphatic heterocycles. The van der Waals surface area contributed by atoms with Crippen molar-refractivity contribution in [2.45, 2.75) is 18.8 Å². The smallest absolute Gasteiger partial charge is 0.255 e. The zero-order valence-electron chi connectivity index (χ0n) is 13.6. The number of hydrogen-bond acceptors (Lipinski definition) is 4. The highest BCUT2D eigenvalue weighted by Gasteiger charge is 2.27. The third kappa shape index (κ3) is 2.54. The van der Waals surface area contributed by atoms with Crippen LogP contribution in [-0.2, 0) is 7.05 Å². The molecule has 0 unspecified atom stereocenters. The number of benzene rings is 1. The van der Waals surface area contributed by atoms with E-state index in [-0.39, 0.29) is 5.91 Å². The van der Waals surface area contributed by atoms with Gasteiger partial charge < -0.3 is 9.47 Å². The first-order valence-corrected chi connectivity index (χ1v) is 8.21. The van der Waals surface area contributed by atoms with E-state index in [0.29, 0.717) is 11.5 Å². The lowest BCUT2D eigenvalue weighted by Crippen LogP contribution is -2.38. The third-order valence-corrected chi connectivity index (χ3v) is 4.80. The van der Waals surface area contributed by atoms with Gasteiger partial charge in [0.05, 0.1) is 29.0 Å². The van der Waals surface area contributed by atoms with E-state index in [0.717, 1.165) is 42.8 Å². The van der Waals surface area contributed by atoms with Gasteiger partial charge in [-0.1, -0.05) is 12.1 Å². The Morgan fingerprint density at radius 2 is 1.92 bits per heavy atom. The molecule has 122 valence electrons. The molecule has 3 aromatic rings. The number of fused-ring (bicyclic) bond motifs is 1. The summed E-state index contributed by atoms with van der Waals surface area (Å²) in [6.07, 6.45) is 4.95. The first-order chi connectivity index (χ1) is 11.7. The second-order valence-corrected chi connectivity index (χ2v) is 6.22. The van der Waals surface area contributed by atoms with E-state index in [9.17, 15) is 4.79 Å². The number of imidazole rings is 1. The maximum atomic E-state index is 12.5. The van der Waals surface area contributed by atoms with Crippen LogP contribution in [0.1, 0.15) is 34.9 Å². The van der Waals surface area contributed by atoms with Crippen LogP contribution in [0.5, 0.6) is 0 Å². The number of aromatic nitrogens is 4. The van der Waals surface area contributed by atoms with E-state index in [1.165, 1.54) is 6.20 Å². The molecule has 1 aromatic carbocycles. The fraction of sp³-hybridized carbons (Fsp3) is 0.333. The molecule has 6 heteroatoms. The average molecular weight is 321 g/mol. The molecule has 24 heavy (non-hydrogen) atoms. The van der Waals surface area contributed by atoms with E-state index in [1.54, 1.807) is 12.3 Å². The Hall–Kier alpha value is -2.76. The van der Waals surface area contributed by atoms with E-state index in [1.807, 2.05) is 23.1 Å². The summed E-state index contributed by atoms with van der Waals surface area (Å²) >= 11 is 0. The number of piperidine rings is 1. The van der Waals surface area contributed by atoms with E-state index in [4.69, 9.17) is 4.98 Å². The SMILES string of the molecule is Cn1c(C2CCN(C(=O)c3ccnnc3)CC2)nc2ccccc21. The number of nitrogens with zero attached hydrogens (tertiary/aromatic N) is 5. The number of likely N-dealkylation sites (tertiary alicyclic amines) is 1. The maximum Gasteiger partial charge on any atom is 0.255 e. The molecule has 0 atom stereocenters. The zero-order chi connectivity index (χ0) is 16.5. The Kier molecular flexibility index (Phi) is 3.72. The molecule has 0 aliphatic carbocycles. The monoisotopic (exact) mass is 321 g/mol. The lowest BCUT2D eigenvalue weighted by atomic mass is 9.95. The van der Waals surface area contributed by atoms with E-state index >= 15 is 0 Å². The molecule has 0 bridgehead atoms. The standard InChI is InChI=1S/C18H19N5O/c1-22-16-5-3-2-4-15(16)21-17(22)13-7-10-23(11-8-13)18(24)14-6-9-19-20-12-14/h2-6,9,12-13H,7-8,10-11H2,1H3. The van der Waals surface area contributed by atoms with Gasteiger partial charge in [-0.3, -0.25) is 4.79 Å². The van der Waals surface area contributed by atoms with Crippen LogP contribution in [0.2, 0.25) is 0 Å². The Balaban J connectivity index is 1.49. The van der Waals surface area contributed by atoms with Crippen molar-refractivity contribution in [3.8, 4) is 0 Å². The first kappa shape index (κ1) is 14.8. The topological polar surface area (TPSA) is 63.9 Å². The molecular formula is C18H19N5O. The van der Waals surface area contributed by atoms with E-state index < -0.39 is 0 Å². The van der Waals surface area contributed by atoms with Gasteiger partial charge in [0.1, 0.15) is 5.82 Å².